The first-order valence-corrected chi connectivity index (χ1v) is 12.4. The molecule has 9 N–H and O–H groups in total. The van der Waals surface area contributed by atoms with E-state index >= 15 is 0 Å². The summed E-state index contributed by atoms with van der Waals surface area (Å²) in [6.45, 7) is -0.106. The first-order chi connectivity index (χ1) is 18.4. The molecule has 3 aliphatic heterocycles. The highest BCUT2D eigenvalue weighted by atomic mass is 16.8. The van der Waals surface area contributed by atoms with Gasteiger partial charge < -0.3 is 74.4 Å². The van der Waals surface area contributed by atoms with Crippen LogP contribution < -0.4 is 0 Å². The number of hydrogen-bond acceptors (Lipinski definition) is 16. The van der Waals surface area contributed by atoms with Crippen molar-refractivity contribution < 1.29 is 79.2 Å². The van der Waals surface area contributed by atoms with E-state index in [9.17, 15) is 50.8 Å². The van der Waals surface area contributed by atoms with Crippen molar-refractivity contribution in [2.75, 3.05) is 20.3 Å². The van der Waals surface area contributed by atoms with Crippen LogP contribution in [0.4, 0.5) is 0 Å². The quantitative estimate of drug-likeness (QED) is 0.130. The molecule has 15 atom stereocenters. The maximum Gasteiger partial charge on any atom is 0.337 e. The second kappa shape index (κ2) is 11.8. The fourth-order valence-electron chi connectivity index (χ4n) is 5.70. The number of aliphatic hydroxyl groups excluding tert-OH is 8. The minimum absolute atomic E-state index is 0.0287. The van der Waals surface area contributed by atoms with Gasteiger partial charge in [-0.1, -0.05) is 0 Å². The molecule has 224 valence electrons. The van der Waals surface area contributed by atoms with E-state index in [4.69, 9.17) is 28.4 Å². The van der Waals surface area contributed by atoms with Gasteiger partial charge in [0.05, 0.1) is 49.8 Å². The number of fused-ring (bicyclic) bond motifs is 1. The Balaban J connectivity index is 1.50. The van der Waals surface area contributed by atoms with Gasteiger partial charge in [0.25, 0.3) is 0 Å². The van der Waals surface area contributed by atoms with Gasteiger partial charge in [0.1, 0.15) is 48.8 Å². The lowest BCUT2D eigenvalue weighted by atomic mass is 9.80. The van der Waals surface area contributed by atoms with E-state index < -0.39 is 110 Å². The molecule has 0 bridgehead atoms. The van der Waals surface area contributed by atoms with E-state index in [0.29, 0.717) is 0 Å². The van der Waals surface area contributed by atoms with Gasteiger partial charge in [0.15, 0.2) is 12.6 Å². The lowest BCUT2D eigenvalue weighted by Gasteiger charge is -2.47. The minimum atomic E-state index is -1.85. The Morgan fingerprint density at radius 1 is 0.897 bits per heavy atom. The van der Waals surface area contributed by atoms with Crippen LogP contribution in [0.5, 0.6) is 0 Å². The summed E-state index contributed by atoms with van der Waals surface area (Å²) in [5.41, 5.74) is -1.62. The second-order valence-corrected chi connectivity index (χ2v) is 10.4. The maximum absolute atomic E-state index is 12.2. The largest absolute Gasteiger partial charge is 0.471 e. The standard InChI is InChI=1S/C23H36O16/c1-23(33)3-8(26)11-7(19(32)34-2)6-35-20(12(11)23)39-22-17(31)15(29)18(10(5-25)37-22)38-21-16(30)14(28)13(27)9(4-24)36-21/h6,8-18,20-22,24-31,33H,3-5H2,1-2H3/t8-,9-,10-,11?,12?,13-,14+,15-,16-,17-,18-,20+,21+,22+,23+/m1/s1. The van der Waals surface area contributed by atoms with E-state index in [-0.39, 0.29) is 12.0 Å². The lowest BCUT2D eigenvalue weighted by molar-refractivity contribution is -0.376. The molecule has 4 aliphatic rings. The van der Waals surface area contributed by atoms with Gasteiger partial charge >= 0.3 is 5.97 Å². The Kier molecular flexibility index (Phi) is 9.19. The van der Waals surface area contributed by atoms with Crippen molar-refractivity contribution in [1.29, 1.82) is 0 Å². The molecule has 0 spiro atoms. The number of carbonyl (C=O) groups is 1. The van der Waals surface area contributed by atoms with Crippen LogP contribution in [0.1, 0.15) is 13.3 Å². The fraction of sp³-hybridized carbons (Fsp3) is 0.870. The molecule has 0 aromatic heterocycles. The van der Waals surface area contributed by atoms with E-state index in [2.05, 4.69) is 0 Å². The number of rotatable bonds is 7. The van der Waals surface area contributed by atoms with Crippen LogP contribution in [-0.4, -0.2) is 152 Å². The van der Waals surface area contributed by atoms with Crippen LogP contribution in [0.25, 0.3) is 0 Å². The van der Waals surface area contributed by atoms with Gasteiger partial charge in [0, 0.05) is 12.3 Å². The molecule has 39 heavy (non-hydrogen) atoms. The molecule has 4 rings (SSSR count). The molecule has 3 fully saturated rings. The molecule has 2 unspecified atom stereocenters. The SMILES string of the molecule is COC(=O)C1=CO[C@@H](O[C@@H]2O[C@H](CO)[C@@H](O[C@@H]3O[C@H](CO)[C@@H](O)[C@H](O)[C@H]3O)[C@H](O)[C@H]2O)C2C1[C@H](O)C[C@]2(C)O. The molecule has 0 radical (unpaired) electrons. The first-order valence-electron chi connectivity index (χ1n) is 12.4. The van der Waals surface area contributed by atoms with Gasteiger partial charge in [-0.25, -0.2) is 4.79 Å². The molecule has 0 aromatic carbocycles. The van der Waals surface area contributed by atoms with Gasteiger partial charge in [0.2, 0.25) is 6.29 Å². The molecule has 16 heteroatoms. The molecular weight excluding hydrogens is 532 g/mol. The molecule has 0 amide bonds. The van der Waals surface area contributed by atoms with Crippen LogP contribution >= 0.6 is 0 Å². The van der Waals surface area contributed by atoms with Gasteiger partial charge in [-0.2, -0.15) is 0 Å². The molecule has 0 aromatic rings. The number of aliphatic hydroxyl groups is 9. The zero-order chi connectivity index (χ0) is 28.8. The fourth-order valence-corrected chi connectivity index (χ4v) is 5.70. The normalized spacial score (nSPS) is 50.1. The van der Waals surface area contributed by atoms with Crippen molar-refractivity contribution in [3.8, 4) is 0 Å². The summed E-state index contributed by atoms with van der Waals surface area (Å²) in [6, 6.07) is 0. The predicted octanol–water partition coefficient (Wildman–Crippen LogP) is -5.21. The number of ether oxygens (including phenoxy) is 6. The summed E-state index contributed by atoms with van der Waals surface area (Å²) < 4.78 is 32.4. The van der Waals surface area contributed by atoms with Crippen molar-refractivity contribution in [1.82, 2.24) is 0 Å². The highest BCUT2D eigenvalue weighted by Crippen LogP contribution is 2.49. The predicted molar refractivity (Wildman–Crippen MR) is 121 cm³/mol. The third-order valence-electron chi connectivity index (χ3n) is 7.77. The number of methoxy groups -OCH3 is 1. The van der Waals surface area contributed by atoms with Crippen LogP contribution in [0.15, 0.2) is 11.8 Å². The van der Waals surface area contributed by atoms with Crippen molar-refractivity contribution in [2.45, 2.75) is 92.8 Å². The topological polar surface area (TPSA) is 255 Å². The Labute approximate surface area is 222 Å². The van der Waals surface area contributed by atoms with Crippen LogP contribution in [0.2, 0.25) is 0 Å². The summed E-state index contributed by atoms with van der Waals surface area (Å²) in [7, 11) is 1.14. The van der Waals surface area contributed by atoms with Crippen LogP contribution in [0.3, 0.4) is 0 Å². The first kappa shape index (κ1) is 30.4. The number of hydrogen-bond donors (Lipinski definition) is 9. The molecule has 16 nitrogen and oxygen atoms in total. The van der Waals surface area contributed by atoms with E-state index in [0.717, 1.165) is 13.4 Å². The van der Waals surface area contributed by atoms with Gasteiger partial charge in [-0.05, 0) is 6.92 Å². The highest BCUT2D eigenvalue weighted by molar-refractivity contribution is 5.89. The van der Waals surface area contributed by atoms with Crippen molar-refractivity contribution in [2.24, 2.45) is 11.8 Å². The highest BCUT2D eigenvalue weighted by Gasteiger charge is 2.60. The molecule has 1 saturated carbocycles. The van der Waals surface area contributed by atoms with Crippen molar-refractivity contribution >= 4 is 5.97 Å². The summed E-state index contributed by atoms with van der Waals surface area (Å²) in [5, 5.41) is 92.7. The van der Waals surface area contributed by atoms with E-state index in [1.54, 1.807) is 0 Å². The van der Waals surface area contributed by atoms with E-state index in [1.807, 2.05) is 0 Å². The Morgan fingerprint density at radius 3 is 2.10 bits per heavy atom. The Hall–Kier alpha value is -1.51. The smallest absolute Gasteiger partial charge is 0.337 e. The molecular formula is C23H36O16. The Bertz CT molecular complexity index is 893. The zero-order valence-electron chi connectivity index (χ0n) is 21.2. The monoisotopic (exact) mass is 568 g/mol. The van der Waals surface area contributed by atoms with Crippen molar-refractivity contribution in [3.63, 3.8) is 0 Å². The summed E-state index contributed by atoms with van der Waals surface area (Å²) in [5.74, 6) is -2.76. The molecule has 3 heterocycles. The summed E-state index contributed by atoms with van der Waals surface area (Å²) in [6.07, 6.45) is -18.2. The number of esters is 1. The minimum Gasteiger partial charge on any atom is -0.471 e. The molecule has 1 aliphatic carbocycles. The van der Waals surface area contributed by atoms with Gasteiger partial charge in [-0.3, -0.25) is 0 Å². The Morgan fingerprint density at radius 2 is 1.49 bits per heavy atom. The van der Waals surface area contributed by atoms with Crippen LogP contribution in [0, 0.1) is 11.8 Å². The second-order valence-electron chi connectivity index (χ2n) is 10.4. The van der Waals surface area contributed by atoms with E-state index in [1.165, 1.54) is 6.92 Å². The third kappa shape index (κ3) is 5.54. The summed E-state index contributed by atoms with van der Waals surface area (Å²) >= 11 is 0. The average Bonchev–Trinajstić information content (AvgIpc) is 3.16. The third-order valence-corrected chi connectivity index (χ3v) is 7.77. The van der Waals surface area contributed by atoms with Crippen LogP contribution in [-0.2, 0) is 33.2 Å². The summed E-state index contributed by atoms with van der Waals surface area (Å²) in [4.78, 5) is 12.2. The average molecular weight is 569 g/mol. The lowest BCUT2D eigenvalue weighted by Crippen LogP contribution is -2.65. The van der Waals surface area contributed by atoms with Gasteiger partial charge in [-0.15, -0.1) is 0 Å². The zero-order valence-corrected chi connectivity index (χ0v) is 21.2. The molecule has 2 saturated heterocycles. The maximum atomic E-state index is 12.2. The van der Waals surface area contributed by atoms with Crippen molar-refractivity contribution in [3.05, 3.63) is 11.8 Å². The number of carbonyl (C=O) groups excluding carboxylic acids is 1.